The largest absolute Gasteiger partial charge is 0.485 e. The number of ether oxygens (including phenoxy) is 2. The molecule has 0 saturated heterocycles. The minimum absolute atomic E-state index is 0.256. The van der Waals surface area contributed by atoms with E-state index in [9.17, 15) is 0 Å². The van der Waals surface area contributed by atoms with Gasteiger partial charge in [0.1, 0.15) is 5.60 Å². The molecule has 0 N–H and O–H groups in total. The summed E-state index contributed by atoms with van der Waals surface area (Å²) in [4.78, 5) is 4.42. The average molecular weight is 249 g/mol. The Balaban J connectivity index is 2.25. The summed E-state index contributed by atoms with van der Waals surface area (Å²) in [6.07, 6.45) is 4.52. The molecule has 1 aromatic heterocycles. The molecule has 3 heteroatoms. The minimum Gasteiger partial charge on any atom is -0.485 e. The first-order chi connectivity index (χ1) is 8.35. The van der Waals surface area contributed by atoms with E-state index in [4.69, 9.17) is 9.47 Å². The quantitative estimate of drug-likeness (QED) is 0.810. The van der Waals surface area contributed by atoms with Crippen LogP contribution in [0.4, 0.5) is 0 Å². The monoisotopic (exact) mass is 249 g/mol. The fourth-order valence-electron chi connectivity index (χ4n) is 1.58. The van der Waals surface area contributed by atoms with Crippen LogP contribution in [0.25, 0.3) is 0 Å². The van der Waals surface area contributed by atoms with Gasteiger partial charge in [0.05, 0.1) is 6.10 Å². The molecule has 0 unspecified atom stereocenters. The van der Waals surface area contributed by atoms with Crippen LogP contribution in [0.5, 0.6) is 11.6 Å². The summed E-state index contributed by atoms with van der Waals surface area (Å²) in [7, 11) is 0. The van der Waals surface area contributed by atoms with Crippen molar-refractivity contribution in [3.8, 4) is 11.6 Å². The van der Waals surface area contributed by atoms with Crippen LogP contribution in [0, 0.1) is 0 Å². The molecule has 1 aliphatic rings. The van der Waals surface area contributed by atoms with Gasteiger partial charge in [-0.05, 0) is 51.2 Å². The van der Waals surface area contributed by atoms with Gasteiger partial charge in [0, 0.05) is 6.20 Å². The van der Waals surface area contributed by atoms with Crippen molar-refractivity contribution in [2.24, 2.45) is 0 Å². The molecule has 0 aliphatic heterocycles. The van der Waals surface area contributed by atoms with Gasteiger partial charge in [0.15, 0.2) is 5.75 Å². The molecule has 1 heterocycles. The topological polar surface area (TPSA) is 31.4 Å². The highest BCUT2D eigenvalue weighted by Crippen LogP contribution is 2.35. The van der Waals surface area contributed by atoms with E-state index < -0.39 is 0 Å². The summed E-state index contributed by atoms with van der Waals surface area (Å²) in [5, 5.41) is 0. The highest BCUT2D eigenvalue weighted by atomic mass is 16.5. The second kappa shape index (κ2) is 4.79. The molecular formula is C15H23NO2. The van der Waals surface area contributed by atoms with Crippen molar-refractivity contribution in [2.45, 2.75) is 65.1 Å². The summed E-state index contributed by atoms with van der Waals surface area (Å²) < 4.78 is 11.8. The first kappa shape index (κ1) is 13.2. The van der Waals surface area contributed by atoms with Gasteiger partial charge in [-0.1, -0.05) is 13.8 Å². The molecule has 0 bridgehead atoms. The minimum atomic E-state index is -0.256. The molecule has 0 amide bonds. The van der Waals surface area contributed by atoms with E-state index in [1.165, 1.54) is 5.56 Å². The van der Waals surface area contributed by atoms with Gasteiger partial charge < -0.3 is 9.47 Å². The second-order valence-corrected chi connectivity index (χ2v) is 6.26. The molecule has 100 valence electrons. The lowest BCUT2D eigenvalue weighted by molar-refractivity contribution is 0.115. The molecule has 2 rings (SSSR count). The Bertz CT molecular complexity index is 417. The standard InChI is InChI=1S/C15H23NO2/c1-10(2)11-8-13(17-12-6-7-12)14(16-9-11)18-15(3,4)5/h8-10,12H,6-7H2,1-5H3. The van der Waals surface area contributed by atoms with Crippen LogP contribution < -0.4 is 9.47 Å². The number of hydrogen-bond donors (Lipinski definition) is 0. The number of rotatable bonds is 4. The number of aromatic nitrogens is 1. The third-order valence-electron chi connectivity index (χ3n) is 2.73. The van der Waals surface area contributed by atoms with Gasteiger partial charge in [0.25, 0.3) is 5.88 Å². The molecule has 1 aliphatic carbocycles. The normalized spacial score (nSPS) is 15.9. The highest BCUT2D eigenvalue weighted by molar-refractivity contribution is 5.38. The predicted molar refractivity (Wildman–Crippen MR) is 72.4 cm³/mol. The van der Waals surface area contributed by atoms with E-state index in [1.807, 2.05) is 27.0 Å². The van der Waals surface area contributed by atoms with Crippen LogP contribution in [0.15, 0.2) is 12.3 Å². The van der Waals surface area contributed by atoms with E-state index >= 15 is 0 Å². The van der Waals surface area contributed by atoms with Gasteiger partial charge in [0.2, 0.25) is 0 Å². The Labute approximate surface area is 110 Å². The first-order valence-corrected chi connectivity index (χ1v) is 6.71. The lowest BCUT2D eigenvalue weighted by Gasteiger charge is -2.22. The molecule has 0 atom stereocenters. The lowest BCUT2D eigenvalue weighted by atomic mass is 10.1. The van der Waals surface area contributed by atoms with Crippen molar-refractivity contribution in [3.05, 3.63) is 17.8 Å². The SMILES string of the molecule is CC(C)c1cnc(OC(C)(C)C)c(OC2CC2)c1. The van der Waals surface area contributed by atoms with Crippen LogP contribution >= 0.6 is 0 Å². The number of hydrogen-bond acceptors (Lipinski definition) is 3. The molecule has 18 heavy (non-hydrogen) atoms. The van der Waals surface area contributed by atoms with Crippen LogP contribution in [0.2, 0.25) is 0 Å². The van der Waals surface area contributed by atoms with Gasteiger partial charge >= 0.3 is 0 Å². The zero-order valence-corrected chi connectivity index (χ0v) is 12.0. The van der Waals surface area contributed by atoms with Crippen LogP contribution in [0.1, 0.15) is 58.9 Å². The van der Waals surface area contributed by atoms with Gasteiger partial charge in [-0.3, -0.25) is 0 Å². The fraction of sp³-hybridized carbons (Fsp3) is 0.667. The number of pyridine rings is 1. The fourth-order valence-corrected chi connectivity index (χ4v) is 1.58. The van der Waals surface area contributed by atoms with Crippen molar-refractivity contribution in [1.29, 1.82) is 0 Å². The maximum absolute atomic E-state index is 5.91. The molecule has 1 saturated carbocycles. The third kappa shape index (κ3) is 3.62. The van der Waals surface area contributed by atoms with Crippen LogP contribution in [-0.4, -0.2) is 16.7 Å². The van der Waals surface area contributed by atoms with Crippen molar-refractivity contribution in [2.75, 3.05) is 0 Å². The summed E-state index contributed by atoms with van der Waals surface area (Å²) in [5.41, 5.74) is 0.931. The van der Waals surface area contributed by atoms with Crippen molar-refractivity contribution in [1.82, 2.24) is 4.98 Å². The summed E-state index contributed by atoms with van der Waals surface area (Å²) in [6, 6.07) is 2.07. The smallest absolute Gasteiger partial charge is 0.257 e. The highest BCUT2D eigenvalue weighted by Gasteiger charge is 2.27. The lowest BCUT2D eigenvalue weighted by Crippen LogP contribution is -2.24. The Morgan fingerprint density at radius 3 is 2.44 bits per heavy atom. The molecular weight excluding hydrogens is 226 g/mol. The summed E-state index contributed by atoms with van der Waals surface area (Å²) in [6.45, 7) is 10.4. The van der Waals surface area contributed by atoms with E-state index in [0.717, 1.165) is 18.6 Å². The average Bonchev–Trinajstić information content (AvgIpc) is 3.02. The Morgan fingerprint density at radius 2 is 1.94 bits per heavy atom. The maximum atomic E-state index is 5.91. The van der Waals surface area contributed by atoms with E-state index in [2.05, 4.69) is 24.9 Å². The molecule has 0 radical (unpaired) electrons. The zero-order valence-electron chi connectivity index (χ0n) is 12.0. The van der Waals surface area contributed by atoms with Gasteiger partial charge in [-0.15, -0.1) is 0 Å². The molecule has 1 aromatic rings. The van der Waals surface area contributed by atoms with E-state index in [-0.39, 0.29) is 5.60 Å². The van der Waals surface area contributed by atoms with Crippen molar-refractivity contribution in [3.63, 3.8) is 0 Å². The van der Waals surface area contributed by atoms with E-state index in [1.54, 1.807) is 0 Å². The Kier molecular flexibility index (Phi) is 3.51. The van der Waals surface area contributed by atoms with Gasteiger partial charge in [-0.2, -0.15) is 0 Å². The van der Waals surface area contributed by atoms with Crippen molar-refractivity contribution < 1.29 is 9.47 Å². The number of nitrogens with zero attached hydrogens (tertiary/aromatic N) is 1. The molecule has 1 fully saturated rings. The maximum Gasteiger partial charge on any atom is 0.257 e. The Hall–Kier alpha value is -1.25. The predicted octanol–water partition coefficient (Wildman–Crippen LogP) is 3.92. The molecule has 0 spiro atoms. The second-order valence-electron chi connectivity index (χ2n) is 6.26. The third-order valence-corrected chi connectivity index (χ3v) is 2.73. The summed E-state index contributed by atoms with van der Waals surface area (Å²) >= 11 is 0. The van der Waals surface area contributed by atoms with E-state index in [0.29, 0.717) is 17.9 Å². The summed E-state index contributed by atoms with van der Waals surface area (Å²) in [5.74, 6) is 1.85. The molecule has 3 nitrogen and oxygen atoms in total. The van der Waals surface area contributed by atoms with Crippen LogP contribution in [0.3, 0.4) is 0 Å². The van der Waals surface area contributed by atoms with Crippen molar-refractivity contribution >= 4 is 0 Å². The zero-order chi connectivity index (χ0) is 13.3. The Morgan fingerprint density at radius 1 is 1.28 bits per heavy atom. The molecule has 0 aromatic carbocycles. The van der Waals surface area contributed by atoms with Gasteiger partial charge in [-0.25, -0.2) is 4.98 Å². The first-order valence-electron chi connectivity index (χ1n) is 6.71. The van der Waals surface area contributed by atoms with Crippen LogP contribution in [-0.2, 0) is 0 Å².